The molecule has 3 rings (SSSR count). The highest BCUT2D eigenvalue weighted by Gasteiger charge is 2.25. The number of pyridine rings is 1. The van der Waals surface area contributed by atoms with E-state index in [0.29, 0.717) is 12.0 Å². The van der Waals surface area contributed by atoms with Crippen LogP contribution >= 0.6 is 0 Å². The first-order valence-electron chi connectivity index (χ1n) is 6.93. The molecular formula is C14H20N4O. The number of aromatic hydroxyl groups is 1. The molecule has 0 radical (unpaired) electrons. The van der Waals surface area contributed by atoms with Crippen molar-refractivity contribution in [3.05, 3.63) is 24.2 Å². The Morgan fingerprint density at radius 3 is 2.63 bits per heavy atom. The fourth-order valence-electron chi connectivity index (χ4n) is 2.85. The maximum atomic E-state index is 9.60. The SMILES string of the molecule is CC(C)N1CCC(c2nnc3ccc(O)cn23)CC1. The molecule has 1 N–H and O–H groups in total. The van der Waals surface area contributed by atoms with Crippen LogP contribution in [-0.2, 0) is 0 Å². The topological polar surface area (TPSA) is 53.7 Å². The summed E-state index contributed by atoms with van der Waals surface area (Å²) in [7, 11) is 0. The van der Waals surface area contributed by atoms with Gasteiger partial charge in [0, 0.05) is 12.0 Å². The monoisotopic (exact) mass is 260 g/mol. The van der Waals surface area contributed by atoms with Gasteiger partial charge >= 0.3 is 0 Å². The van der Waals surface area contributed by atoms with E-state index in [1.807, 2.05) is 4.40 Å². The minimum atomic E-state index is 0.258. The highest BCUT2D eigenvalue weighted by Crippen LogP contribution is 2.28. The molecule has 5 nitrogen and oxygen atoms in total. The van der Waals surface area contributed by atoms with E-state index in [0.717, 1.165) is 37.4 Å². The summed E-state index contributed by atoms with van der Waals surface area (Å²) in [5.41, 5.74) is 0.805. The zero-order chi connectivity index (χ0) is 13.4. The molecule has 3 heterocycles. The van der Waals surface area contributed by atoms with E-state index < -0.39 is 0 Å². The highest BCUT2D eigenvalue weighted by molar-refractivity contribution is 5.41. The Kier molecular flexibility index (Phi) is 3.14. The average Bonchev–Trinajstić information content (AvgIpc) is 2.81. The molecule has 0 saturated carbocycles. The Balaban J connectivity index is 1.84. The van der Waals surface area contributed by atoms with Gasteiger partial charge in [0.05, 0.1) is 6.20 Å². The summed E-state index contributed by atoms with van der Waals surface area (Å²) in [6.45, 7) is 6.70. The van der Waals surface area contributed by atoms with Crippen LogP contribution in [0, 0.1) is 0 Å². The molecule has 0 unspecified atom stereocenters. The van der Waals surface area contributed by atoms with Crippen LogP contribution in [-0.4, -0.2) is 43.7 Å². The molecule has 0 aliphatic carbocycles. The van der Waals surface area contributed by atoms with Crippen molar-refractivity contribution in [3.8, 4) is 5.75 Å². The first-order valence-corrected chi connectivity index (χ1v) is 6.93. The Hall–Kier alpha value is -1.62. The van der Waals surface area contributed by atoms with Gasteiger partial charge in [-0.3, -0.25) is 4.40 Å². The van der Waals surface area contributed by atoms with Crippen molar-refractivity contribution in [3.63, 3.8) is 0 Å². The molecule has 1 fully saturated rings. The van der Waals surface area contributed by atoms with Gasteiger partial charge in [-0.2, -0.15) is 0 Å². The molecule has 19 heavy (non-hydrogen) atoms. The van der Waals surface area contributed by atoms with Gasteiger partial charge in [-0.15, -0.1) is 10.2 Å². The normalized spacial score (nSPS) is 18.5. The molecule has 1 saturated heterocycles. The van der Waals surface area contributed by atoms with Crippen molar-refractivity contribution in [1.29, 1.82) is 0 Å². The molecule has 0 bridgehead atoms. The molecule has 1 aliphatic rings. The summed E-state index contributed by atoms with van der Waals surface area (Å²) in [5, 5.41) is 18.1. The highest BCUT2D eigenvalue weighted by atomic mass is 16.3. The van der Waals surface area contributed by atoms with Gasteiger partial charge in [0.15, 0.2) is 5.65 Å². The maximum absolute atomic E-state index is 9.60. The molecule has 5 heteroatoms. The van der Waals surface area contributed by atoms with Gasteiger partial charge in [0.25, 0.3) is 0 Å². The van der Waals surface area contributed by atoms with E-state index in [1.165, 1.54) is 0 Å². The molecule has 1 aliphatic heterocycles. The molecular weight excluding hydrogens is 240 g/mol. The minimum absolute atomic E-state index is 0.258. The standard InChI is InChI=1S/C14H20N4O/c1-10(2)17-7-5-11(6-8-17)14-16-15-13-4-3-12(19)9-18(13)14/h3-4,9-11,19H,5-8H2,1-2H3. The molecule has 2 aromatic heterocycles. The summed E-state index contributed by atoms with van der Waals surface area (Å²) in [6, 6.07) is 4.06. The van der Waals surface area contributed by atoms with E-state index in [2.05, 4.69) is 28.9 Å². The minimum Gasteiger partial charge on any atom is -0.506 e. The Morgan fingerprint density at radius 2 is 1.95 bits per heavy atom. The molecule has 0 atom stereocenters. The second-order valence-corrected chi connectivity index (χ2v) is 5.58. The van der Waals surface area contributed by atoms with E-state index in [-0.39, 0.29) is 5.75 Å². The number of nitrogens with zero attached hydrogens (tertiary/aromatic N) is 4. The van der Waals surface area contributed by atoms with Crippen LogP contribution < -0.4 is 0 Å². The van der Waals surface area contributed by atoms with Crippen molar-refractivity contribution in [2.75, 3.05) is 13.1 Å². The summed E-state index contributed by atoms with van der Waals surface area (Å²) in [4.78, 5) is 2.50. The fraction of sp³-hybridized carbons (Fsp3) is 0.571. The lowest BCUT2D eigenvalue weighted by Crippen LogP contribution is -2.38. The van der Waals surface area contributed by atoms with Crippen LogP contribution in [0.5, 0.6) is 5.75 Å². The number of hydrogen-bond donors (Lipinski definition) is 1. The van der Waals surface area contributed by atoms with Gasteiger partial charge in [-0.1, -0.05) is 0 Å². The van der Waals surface area contributed by atoms with Gasteiger partial charge in [0.1, 0.15) is 11.6 Å². The number of likely N-dealkylation sites (tertiary alicyclic amines) is 1. The lowest BCUT2D eigenvalue weighted by Gasteiger charge is -2.33. The predicted octanol–water partition coefficient (Wildman–Crippen LogP) is 2.02. The van der Waals surface area contributed by atoms with Crippen molar-refractivity contribution < 1.29 is 5.11 Å². The van der Waals surface area contributed by atoms with Crippen molar-refractivity contribution >= 4 is 5.65 Å². The predicted molar refractivity (Wildman–Crippen MR) is 73.3 cm³/mol. The quantitative estimate of drug-likeness (QED) is 0.897. The van der Waals surface area contributed by atoms with Crippen molar-refractivity contribution in [1.82, 2.24) is 19.5 Å². The van der Waals surface area contributed by atoms with Gasteiger partial charge < -0.3 is 10.0 Å². The van der Waals surface area contributed by atoms with Gasteiger partial charge in [-0.05, 0) is 51.9 Å². The van der Waals surface area contributed by atoms with Crippen LogP contribution in [0.15, 0.2) is 18.3 Å². The largest absolute Gasteiger partial charge is 0.506 e. The summed E-state index contributed by atoms with van der Waals surface area (Å²) in [5.74, 6) is 1.68. The third-order valence-electron chi connectivity index (χ3n) is 4.04. The lowest BCUT2D eigenvalue weighted by molar-refractivity contribution is 0.169. The molecule has 102 valence electrons. The second-order valence-electron chi connectivity index (χ2n) is 5.58. The zero-order valence-corrected chi connectivity index (χ0v) is 11.5. The number of piperidine rings is 1. The first kappa shape index (κ1) is 12.4. The van der Waals surface area contributed by atoms with Crippen LogP contribution in [0.2, 0.25) is 0 Å². The number of rotatable bonds is 2. The molecule has 0 aromatic carbocycles. The van der Waals surface area contributed by atoms with Crippen molar-refractivity contribution in [2.24, 2.45) is 0 Å². The smallest absolute Gasteiger partial charge is 0.161 e. The fourth-order valence-corrected chi connectivity index (χ4v) is 2.85. The molecule has 0 amide bonds. The molecule has 0 spiro atoms. The lowest BCUT2D eigenvalue weighted by atomic mass is 9.95. The van der Waals surface area contributed by atoms with Crippen molar-refractivity contribution in [2.45, 2.75) is 38.6 Å². The van der Waals surface area contributed by atoms with Crippen LogP contribution in [0.1, 0.15) is 38.4 Å². The van der Waals surface area contributed by atoms with E-state index in [1.54, 1.807) is 18.3 Å². The number of fused-ring (bicyclic) bond motifs is 1. The second kappa shape index (κ2) is 4.81. The zero-order valence-electron chi connectivity index (χ0n) is 11.5. The van der Waals surface area contributed by atoms with E-state index in [4.69, 9.17) is 0 Å². The van der Waals surface area contributed by atoms with Crippen LogP contribution in [0.3, 0.4) is 0 Å². The first-order chi connectivity index (χ1) is 9.15. The van der Waals surface area contributed by atoms with Crippen LogP contribution in [0.25, 0.3) is 5.65 Å². The Labute approximate surface area is 112 Å². The maximum Gasteiger partial charge on any atom is 0.161 e. The summed E-state index contributed by atoms with van der Waals surface area (Å²) >= 11 is 0. The van der Waals surface area contributed by atoms with Gasteiger partial charge in [0.2, 0.25) is 0 Å². The number of aromatic nitrogens is 3. The van der Waals surface area contributed by atoms with E-state index in [9.17, 15) is 5.11 Å². The van der Waals surface area contributed by atoms with E-state index >= 15 is 0 Å². The third-order valence-corrected chi connectivity index (χ3v) is 4.04. The summed E-state index contributed by atoms with van der Waals surface area (Å²) in [6.07, 6.45) is 3.92. The third kappa shape index (κ3) is 2.30. The van der Waals surface area contributed by atoms with Gasteiger partial charge in [-0.25, -0.2) is 0 Å². The number of hydrogen-bond acceptors (Lipinski definition) is 4. The summed E-state index contributed by atoms with van der Waals surface area (Å²) < 4.78 is 1.92. The molecule has 2 aromatic rings. The Bertz CT molecular complexity index is 570. The Morgan fingerprint density at radius 1 is 1.21 bits per heavy atom. The van der Waals surface area contributed by atoms with Crippen LogP contribution in [0.4, 0.5) is 0 Å². The average molecular weight is 260 g/mol.